The Morgan fingerprint density at radius 2 is 1.91 bits per heavy atom. The number of fused-ring (bicyclic) bond motifs is 1. The van der Waals surface area contributed by atoms with Crippen LogP contribution in [0.1, 0.15) is 44.4 Å². The molecule has 0 amide bonds. The Hall–Kier alpha value is -2.69. The van der Waals surface area contributed by atoms with Crippen LogP contribution in [-0.4, -0.2) is 18.9 Å². The van der Waals surface area contributed by atoms with Gasteiger partial charge in [-0.15, -0.1) is 0 Å². The second kappa shape index (κ2) is 5.60. The van der Waals surface area contributed by atoms with Crippen molar-refractivity contribution in [1.82, 2.24) is 0 Å². The number of Topliss-reactive ketones (excluding diaryl/α,β-unsaturated/α-hetero) is 1. The predicted octanol–water partition coefficient (Wildman–Crippen LogP) is 2.34. The molecule has 0 fully saturated rings. The van der Waals surface area contributed by atoms with Gasteiger partial charge < -0.3 is 9.15 Å². The van der Waals surface area contributed by atoms with Gasteiger partial charge in [-0.3, -0.25) is 4.79 Å². The Bertz CT molecular complexity index is 788. The first-order valence-corrected chi connectivity index (χ1v) is 6.93. The quantitative estimate of drug-likeness (QED) is 0.796. The van der Waals surface area contributed by atoms with E-state index >= 15 is 0 Å². The van der Waals surface area contributed by atoms with Crippen LogP contribution in [0.3, 0.4) is 0 Å². The van der Waals surface area contributed by atoms with Crippen molar-refractivity contribution < 1.29 is 18.7 Å². The summed E-state index contributed by atoms with van der Waals surface area (Å²) in [4.78, 5) is 35.9. The van der Waals surface area contributed by atoms with Crippen LogP contribution in [0.15, 0.2) is 45.6 Å². The molecular formula is C17H14O5. The summed E-state index contributed by atoms with van der Waals surface area (Å²) in [7, 11) is 1.21. The zero-order valence-electron chi connectivity index (χ0n) is 12.0. The molecule has 1 atom stereocenters. The minimum atomic E-state index is -0.698. The van der Waals surface area contributed by atoms with Gasteiger partial charge in [-0.2, -0.15) is 0 Å². The highest BCUT2D eigenvalue weighted by Gasteiger charge is 2.32. The fourth-order valence-electron chi connectivity index (χ4n) is 2.85. The number of esters is 1. The molecule has 112 valence electrons. The van der Waals surface area contributed by atoms with Gasteiger partial charge in [0.2, 0.25) is 0 Å². The summed E-state index contributed by atoms with van der Waals surface area (Å²) >= 11 is 0. The molecule has 0 spiro atoms. The van der Waals surface area contributed by atoms with Gasteiger partial charge in [0.25, 0.3) is 0 Å². The average molecular weight is 298 g/mol. The fraction of sp³-hybridized carbons (Fsp3) is 0.235. The van der Waals surface area contributed by atoms with E-state index in [9.17, 15) is 14.4 Å². The topological polar surface area (TPSA) is 73.6 Å². The lowest BCUT2D eigenvalue weighted by molar-refractivity contribution is 0.0594. The SMILES string of the molecule is COC(=O)c1cc(=O)oc2c1C(=O)CC(c1ccccc1)C2. The summed E-state index contributed by atoms with van der Waals surface area (Å²) in [6, 6.07) is 10.6. The van der Waals surface area contributed by atoms with Crippen molar-refractivity contribution in [2.75, 3.05) is 7.11 Å². The molecular weight excluding hydrogens is 284 g/mol. The summed E-state index contributed by atoms with van der Waals surface area (Å²) in [6.45, 7) is 0. The summed E-state index contributed by atoms with van der Waals surface area (Å²) in [6.07, 6.45) is 0.680. The first-order chi connectivity index (χ1) is 10.6. The molecule has 0 radical (unpaired) electrons. The van der Waals surface area contributed by atoms with Gasteiger partial charge in [0, 0.05) is 18.9 Å². The van der Waals surface area contributed by atoms with Crippen molar-refractivity contribution in [3.8, 4) is 0 Å². The number of carbonyl (C=O) groups excluding carboxylic acids is 2. The van der Waals surface area contributed by atoms with Crippen molar-refractivity contribution in [3.63, 3.8) is 0 Å². The minimum absolute atomic E-state index is 0.00902. The molecule has 1 heterocycles. The number of carbonyl (C=O) groups is 2. The highest BCUT2D eigenvalue weighted by atomic mass is 16.5. The smallest absolute Gasteiger partial charge is 0.338 e. The maximum Gasteiger partial charge on any atom is 0.338 e. The van der Waals surface area contributed by atoms with E-state index in [0.717, 1.165) is 11.6 Å². The number of ether oxygens (including phenoxy) is 1. The summed E-state index contributed by atoms with van der Waals surface area (Å²) in [5.41, 5.74) is 0.525. The lowest BCUT2D eigenvalue weighted by atomic mass is 9.81. The van der Waals surface area contributed by atoms with E-state index in [-0.39, 0.29) is 35.0 Å². The Morgan fingerprint density at radius 1 is 1.18 bits per heavy atom. The molecule has 5 heteroatoms. The van der Waals surface area contributed by atoms with Gasteiger partial charge >= 0.3 is 11.6 Å². The monoisotopic (exact) mass is 298 g/mol. The summed E-state index contributed by atoms with van der Waals surface area (Å²) in [5, 5.41) is 0. The molecule has 1 aromatic carbocycles. The lowest BCUT2D eigenvalue weighted by Crippen LogP contribution is -2.25. The fourth-order valence-corrected chi connectivity index (χ4v) is 2.85. The predicted molar refractivity (Wildman–Crippen MR) is 78.2 cm³/mol. The number of hydrogen-bond donors (Lipinski definition) is 0. The molecule has 0 aliphatic heterocycles. The number of rotatable bonds is 2. The summed E-state index contributed by atoms with van der Waals surface area (Å²) in [5.74, 6) is -0.704. The zero-order chi connectivity index (χ0) is 15.7. The Kier molecular flexibility index (Phi) is 3.63. The van der Waals surface area contributed by atoms with Gasteiger partial charge in [0.1, 0.15) is 5.76 Å². The van der Waals surface area contributed by atoms with Gasteiger partial charge in [-0.05, 0) is 11.5 Å². The molecule has 1 aliphatic rings. The normalized spacial score (nSPS) is 17.0. The third-order valence-corrected chi connectivity index (χ3v) is 3.85. The van der Waals surface area contributed by atoms with Crippen LogP contribution in [0.5, 0.6) is 0 Å². The van der Waals surface area contributed by atoms with Crippen LogP contribution >= 0.6 is 0 Å². The molecule has 22 heavy (non-hydrogen) atoms. The highest BCUT2D eigenvalue weighted by Crippen LogP contribution is 2.33. The molecule has 1 aromatic heterocycles. The minimum Gasteiger partial charge on any atom is -0.465 e. The second-order valence-corrected chi connectivity index (χ2v) is 5.21. The largest absolute Gasteiger partial charge is 0.465 e. The van der Waals surface area contributed by atoms with Crippen molar-refractivity contribution in [1.29, 1.82) is 0 Å². The maximum atomic E-state index is 12.5. The molecule has 1 aliphatic carbocycles. The molecule has 1 unspecified atom stereocenters. The molecule has 5 nitrogen and oxygen atoms in total. The van der Waals surface area contributed by atoms with Crippen LogP contribution in [0.4, 0.5) is 0 Å². The molecule has 0 bridgehead atoms. The van der Waals surface area contributed by atoms with Crippen LogP contribution in [0, 0.1) is 0 Å². The van der Waals surface area contributed by atoms with Gasteiger partial charge in [-0.25, -0.2) is 9.59 Å². The van der Waals surface area contributed by atoms with Crippen LogP contribution in [-0.2, 0) is 11.2 Å². The van der Waals surface area contributed by atoms with Crippen LogP contribution in [0.25, 0.3) is 0 Å². The van der Waals surface area contributed by atoms with Crippen molar-refractivity contribution in [2.24, 2.45) is 0 Å². The Balaban J connectivity index is 2.08. The van der Waals surface area contributed by atoms with Crippen LogP contribution in [0.2, 0.25) is 0 Å². The highest BCUT2D eigenvalue weighted by molar-refractivity contribution is 6.07. The van der Waals surface area contributed by atoms with E-state index in [2.05, 4.69) is 4.74 Å². The standard InChI is InChI=1S/C17H14O5/c1-21-17(20)12-9-15(19)22-14-8-11(7-13(18)16(12)14)10-5-3-2-4-6-10/h2-6,9,11H,7-8H2,1H3. The van der Waals surface area contributed by atoms with E-state index in [1.54, 1.807) is 0 Å². The average Bonchev–Trinajstić information content (AvgIpc) is 2.53. The summed E-state index contributed by atoms with van der Waals surface area (Å²) < 4.78 is 9.82. The molecule has 2 aromatic rings. The number of benzene rings is 1. The van der Waals surface area contributed by atoms with Crippen molar-refractivity contribution >= 4 is 11.8 Å². The van der Waals surface area contributed by atoms with Crippen LogP contribution < -0.4 is 5.63 Å². The number of ketones is 1. The van der Waals surface area contributed by atoms with E-state index < -0.39 is 11.6 Å². The number of methoxy groups -OCH3 is 1. The van der Waals surface area contributed by atoms with Gasteiger partial charge in [-0.1, -0.05) is 30.3 Å². The first kappa shape index (κ1) is 14.3. The molecule has 0 saturated heterocycles. The molecule has 3 rings (SSSR count). The Labute approximate surface area is 126 Å². The van der Waals surface area contributed by atoms with E-state index in [1.165, 1.54) is 7.11 Å². The third kappa shape index (κ3) is 2.45. The second-order valence-electron chi connectivity index (χ2n) is 5.21. The van der Waals surface area contributed by atoms with Gasteiger partial charge in [0.05, 0.1) is 18.2 Å². The lowest BCUT2D eigenvalue weighted by Gasteiger charge is -2.23. The van der Waals surface area contributed by atoms with E-state index in [1.807, 2.05) is 30.3 Å². The third-order valence-electron chi connectivity index (χ3n) is 3.85. The maximum absolute atomic E-state index is 12.5. The molecule has 0 N–H and O–H groups in total. The zero-order valence-corrected chi connectivity index (χ0v) is 12.0. The Morgan fingerprint density at radius 3 is 2.59 bits per heavy atom. The first-order valence-electron chi connectivity index (χ1n) is 6.93. The van der Waals surface area contributed by atoms with Crippen molar-refractivity contribution in [3.05, 3.63) is 69.3 Å². The molecule has 0 saturated carbocycles. The van der Waals surface area contributed by atoms with E-state index in [0.29, 0.717) is 6.42 Å². The van der Waals surface area contributed by atoms with Crippen molar-refractivity contribution in [2.45, 2.75) is 18.8 Å². The number of hydrogen-bond acceptors (Lipinski definition) is 5. The van der Waals surface area contributed by atoms with E-state index in [4.69, 9.17) is 4.42 Å². The van der Waals surface area contributed by atoms with Gasteiger partial charge in [0.15, 0.2) is 5.78 Å².